The third-order valence-corrected chi connectivity index (χ3v) is 4.30. The number of nitrogens with one attached hydrogen (secondary N) is 1. The highest BCUT2D eigenvalue weighted by Gasteiger charge is 2.06. The fraction of sp³-hybridized carbons (Fsp3) is 0.238. The van der Waals surface area contributed by atoms with Crippen molar-refractivity contribution in [3.05, 3.63) is 77.9 Å². The van der Waals surface area contributed by atoms with Crippen LogP contribution in [-0.4, -0.2) is 29.7 Å². The molecule has 0 bridgehead atoms. The van der Waals surface area contributed by atoms with Gasteiger partial charge in [-0.05, 0) is 23.3 Å². The molecule has 0 saturated heterocycles. The zero-order valence-corrected chi connectivity index (χ0v) is 16.1. The van der Waals surface area contributed by atoms with Gasteiger partial charge >= 0.3 is 0 Å². The molecule has 0 radical (unpaired) electrons. The minimum absolute atomic E-state index is 0.365. The molecule has 1 heterocycles. The number of rotatable bonds is 8. The van der Waals surface area contributed by atoms with E-state index in [4.69, 9.17) is 15.2 Å². The highest BCUT2D eigenvalue weighted by Crippen LogP contribution is 2.27. The van der Waals surface area contributed by atoms with E-state index in [0.717, 1.165) is 17.9 Å². The number of guanidine groups is 1. The molecule has 3 aromatic rings. The Morgan fingerprint density at radius 3 is 2.61 bits per heavy atom. The molecule has 0 aliphatic rings. The van der Waals surface area contributed by atoms with E-state index in [1.54, 1.807) is 20.4 Å². The largest absolute Gasteiger partial charge is 0.493 e. The van der Waals surface area contributed by atoms with Crippen LogP contribution in [0.5, 0.6) is 11.5 Å². The molecule has 0 atom stereocenters. The van der Waals surface area contributed by atoms with Crippen LogP contribution >= 0.6 is 0 Å². The molecule has 1 aromatic heterocycles. The summed E-state index contributed by atoms with van der Waals surface area (Å²) in [7, 11) is 3.22. The van der Waals surface area contributed by atoms with E-state index in [9.17, 15) is 0 Å². The Morgan fingerprint density at radius 1 is 1.07 bits per heavy atom. The van der Waals surface area contributed by atoms with Crippen molar-refractivity contribution in [3.63, 3.8) is 0 Å². The molecule has 0 unspecified atom stereocenters. The first-order valence-corrected chi connectivity index (χ1v) is 8.98. The zero-order valence-electron chi connectivity index (χ0n) is 16.1. The van der Waals surface area contributed by atoms with Gasteiger partial charge in [0.15, 0.2) is 17.5 Å². The van der Waals surface area contributed by atoms with Crippen LogP contribution < -0.4 is 20.5 Å². The number of hydrogen-bond acceptors (Lipinski definition) is 4. The first kappa shape index (κ1) is 19.3. The number of aromatic nitrogens is 2. The smallest absolute Gasteiger partial charge is 0.189 e. The van der Waals surface area contributed by atoms with Gasteiger partial charge in [0.05, 0.1) is 27.3 Å². The molecule has 0 aliphatic heterocycles. The van der Waals surface area contributed by atoms with Gasteiger partial charge in [-0.1, -0.05) is 36.4 Å². The fourth-order valence-electron chi connectivity index (χ4n) is 2.81. The van der Waals surface area contributed by atoms with Gasteiger partial charge in [0, 0.05) is 18.9 Å². The molecule has 28 heavy (non-hydrogen) atoms. The van der Waals surface area contributed by atoms with E-state index in [1.165, 1.54) is 5.56 Å². The Labute approximate surface area is 164 Å². The summed E-state index contributed by atoms with van der Waals surface area (Å²) in [5.74, 6) is 2.62. The second-order valence-electron chi connectivity index (χ2n) is 6.20. The summed E-state index contributed by atoms with van der Waals surface area (Å²) in [5, 5.41) is 3.12. The van der Waals surface area contributed by atoms with Crippen molar-refractivity contribution in [2.24, 2.45) is 10.7 Å². The number of hydrogen-bond donors (Lipinski definition) is 2. The average molecular weight is 379 g/mol. The summed E-state index contributed by atoms with van der Waals surface area (Å²) < 4.78 is 12.6. The lowest BCUT2D eigenvalue weighted by Crippen LogP contribution is -2.32. The lowest BCUT2D eigenvalue weighted by Gasteiger charge is -2.10. The number of aliphatic imine (C=N–C) groups is 1. The number of nitrogens with zero attached hydrogens (tertiary/aromatic N) is 3. The standard InChI is InChI=1S/C21H25N5O2/c1-27-18-9-8-17(12-19(18)28-2)13-24-21(22)25-14-20-23-10-11-26(20)15-16-6-4-3-5-7-16/h3-12H,13-15H2,1-2H3,(H3,22,24,25). The minimum atomic E-state index is 0.365. The number of ether oxygens (including phenoxy) is 2. The lowest BCUT2D eigenvalue weighted by molar-refractivity contribution is 0.354. The van der Waals surface area contributed by atoms with Crippen LogP contribution in [0.3, 0.4) is 0 Å². The Balaban J connectivity index is 1.57. The van der Waals surface area contributed by atoms with Gasteiger partial charge in [-0.3, -0.25) is 0 Å². The van der Waals surface area contributed by atoms with Crippen LogP contribution in [0.1, 0.15) is 17.0 Å². The van der Waals surface area contributed by atoms with Crippen molar-refractivity contribution >= 4 is 5.96 Å². The SMILES string of the molecule is COc1ccc(CN=C(N)NCc2nccn2Cc2ccccc2)cc1OC. The predicted molar refractivity (Wildman–Crippen MR) is 109 cm³/mol. The Kier molecular flexibility index (Phi) is 6.51. The minimum Gasteiger partial charge on any atom is -0.493 e. The maximum absolute atomic E-state index is 6.01. The summed E-state index contributed by atoms with van der Waals surface area (Å²) in [5.41, 5.74) is 8.21. The molecular formula is C21H25N5O2. The highest BCUT2D eigenvalue weighted by atomic mass is 16.5. The van der Waals surface area contributed by atoms with Crippen LogP contribution in [0.2, 0.25) is 0 Å². The molecule has 3 N–H and O–H groups in total. The molecular weight excluding hydrogens is 354 g/mol. The van der Waals surface area contributed by atoms with Crippen LogP contribution in [0, 0.1) is 0 Å². The number of nitrogens with two attached hydrogens (primary N) is 1. The molecule has 7 nitrogen and oxygen atoms in total. The van der Waals surface area contributed by atoms with Crippen molar-refractivity contribution < 1.29 is 9.47 Å². The number of methoxy groups -OCH3 is 2. The molecule has 0 saturated carbocycles. The van der Waals surface area contributed by atoms with Crippen molar-refractivity contribution in [2.75, 3.05) is 14.2 Å². The van der Waals surface area contributed by atoms with Gasteiger partial charge in [0.1, 0.15) is 5.82 Å². The molecule has 0 amide bonds. The zero-order chi connectivity index (χ0) is 19.8. The van der Waals surface area contributed by atoms with E-state index in [0.29, 0.717) is 30.5 Å². The van der Waals surface area contributed by atoms with Gasteiger partial charge in [0.2, 0.25) is 0 Å². The average Bonchev–Trinajstić information content (AvgIpc) is 3.18. The maximum Gasteiger partial charge on any atom is 0.189 e. The highest BCUT2D eigenvalue weighted by molar-refractivity contribution is 5.77. The summed E-state index contributed by atoms with van der Waals surface area (Å²) >= 11 is 0. The van der Waals surface area contributed by atoms with Crippen molar-refractivity contribution in [2.45, 2.75) is 19.6 Å². The van der Waals surface area contributed by atoms with E-state index >= 15 is 0 Å². The first-order chi connectivity index (χ1) is 13.7. The molecule has 0 aliphatic carbocycles. The van der Waals surface area contributed by atoms with Gasteiger partial charge in [-0.2, -0.15) is 0 Å². The molecule has 0 spiro atoms. The van der Waals surface area contributed by atoms with E-state index in [2.05, 4.69) is 32.0 Å². The Morgan fingerprint density at radius 2 is 1.86 bits per heavy atom. The number of benzene rings is 2. The Hall–Kier alpha value is -3.48. The van der Waals surface area contributed by atoms with Crippen LogP contribution in [0.15, 0.2) is 65.9 Å². The van der Waals surface area contributed by atoms with Crippen LogP contribution in [-0.2, 0) is 19.6 Å². The molecule has 7 heteroatoms. The third kappa shape index (κ3) is 5.03. The molecule has 3 rings (SSSR count). The van der Waals surface area contributed by atoms with Gasteiger partial charge < -0.3 is 25.1 Å². The van der Waals surface area contributed by atoms with Crippen LogP contribution in [0.4, 0.5) is 0 Å². The van der Waals surface area contributed by atoms with Gasteiger partial charge in [0.25, 0.3) is 0 Å². The molecule has 2 aromatic carbocycles. The maximum atomic E-state index is 6.01. The van der Waals surface area contributed by atoms with Crippen molar-refractivity contribution in [3.8, 4) is 11.5 Å². The van der Waals surface area contributed by atoms with Crippen molar-refractivity contribution in [1.29, 1.82) is 0 Å². The summed E-state index contributed by atoms with van der Waals surface area (Å²) in [4.78, 5) is 8.79. The van der Waals surface area contributed by atoms with E-state index < -0.39 is 0 Å². The topological polar surface area (TPSA) is 86.7 Å². The van der Waals surface area contributed by atoms with Crippen molar-refractivity contribution in [1.82, 2.24) is 14.9 Å². The fourth-order valence-corrected chi connectivity index (χ4v) is 2.81. The monoisotopic (exact) mass is 379 g/mol. The summed E-state index contributed by atoms with van der Waals surface area (Å²) in [6.45, 7) is 1.71. The number of imidazole rings is 1. The second-order valence-corrected chi connectivity index (χ2v) is 6.20. The third-order valence-electron chi connectivity index (χ3n) is 4.30. The summed E-state index contributed by atoms with van der Waals surface area (Å²) in [6.07, 6.45) is 3.75. The normalized spacial score (nSPS) is 11.3. The lowest BCUT2D eigenvalue weighted by atomic mass is 10.2. The molecule has 146 valence electrons. The van der Waals surface area contributed by atoms with Gasteiger partial charge in [-0.25, -0.2) is 9.98 Å². The Bertz CT molecular complexity index is 922. The predicted octanol–water partition coefficient (Wildman–Crippen LogP) is 2.55. The van der Waals surface area contributed by atoms with Crippen LogP contribution in [0.25, 0.3) is 0 Å². The quantitative estimate of drug-likeness (QED) is 0.464. The van der Waals surface area contributed by atoms with E-state index in [-0.39, 0.29) is 0 Å². The van der Waals surface area contributed by atoms with Gasteiger partial charge in [-0.15, -0.1) is 0 Å². The summed E-state index contributed by atoms with van der Waals surface area (Å²) in [6, 6.07) is 15.9. The molecule has 0 fully saturated rings. The first-order valence-electron chi connectivity index (χ1n) is 8.98. The second kappa shape index (κ2) is 9.45. The van der Waals surface area contributed by atoms with E-state index in [1.807, 2.05) is 42.6 Å².